The molecule has 0 aliphatic rings. The van der Waals surface area contributed by atoms with Crippen molar-refractivity contribution in [3.63, 3.8) is 0 Å². The highest BCUT2D eigenvalue weighted by molar-refractivity contribution is 7.90. The zero-order valence-corrected chi connectivity index (χ0v) is 9.03. The number of benzene rings is 1. The third-order valence-corrected chi connectivity index (χ3v) is 3.06. The largest absolute Gasteiger partial charge is 0.411 e. The monoisotopic (exact) mass is 228 g/mol. The van der Waals surface area contributed by atoms with E-state index in [1.54, 1.807) is 12.1 Å². The van der Waals surface area contributed by atoms with E-state index in [2.05, 4.69) is 5.16 Å². The summed E-state index contributed by atoms with van der Waals surface area (Å²) in [6, 6.07) is 6.01. The van der Waals surface area contributed by atoms with Gasteiger partial charge in [-0.05, 0) is 12.1 Å². The highest BCUT2D eigenvalue weighted by Gasteiger charge is 2.08. The Morgan fingerprint density at radius 1 is 1.40 bits per heavy atom. The van der Waals surface area contributed by atoms with E-state index in [-0.39, 0.29) is 11.4 Å². The van der Waals surface area contributed by atoms with Gasteiger partial charge in [0.15, 0.2) is 9.84 Å². The van der Waals surface area contributed by atoms with Crippen LogP contribution in [0.1, 0.15) is 5.56 Å². The van der Waals surface area contributed by atoms with Crippen LogP contribution in [0.4, 0.5) is 0 Å². The molecule has 6 heteroatoms. The molecule has 0 aromatic heterocycles. The first-order valence-electron chi connectivity index (χ1n) is 4.20. The van der Waals surface area contributed by atoms with Crippen LogP contribution >= 0.6 is 0 Å². The summed E-state index contributed by atoms with van der Waals surface area (Å²) in [5.41, 5.74) is 6.25. The highest BCUT2D eigenvalue weighted by atomic mass is 32.2. The Labute approximate surface area is 88.1 Å². The topological polar surface area (TPSA) is 92.8 Å². The van der Waals surface area contributed by atoms with Gasteiger partial charge in [0.2, 0.25) is 0 Å². The fourth-order valence-corrected chi connectivity index (χ4v) is 1.74. The number of hydrogen-bond donors (Lipinski definition) is 2. The molecule has 1 rings (SSSR count). The average Bonchev–Trinajstić information content (AvgIpc) is 2.19. The number of nitrogens with zero attached hydrogens (tertiary/aromatic N) is 1. The Bertz CT molecular complexity index is 463. The number of oxime groups is 1. The normalized spacial score (nSPS) is 12.8. The van der Waals surface area contributed by atoms with E-state index in [4.69, 9.17) is 10.9 Å². The van der Waals surface area contributed by atoms with Crippen LogP contribution in [0.5, 0.6) is 0 Å². The van der Waals surface area contributed by atoms with Gasteiger partial charge in [0.25, 0.3) is 0 Å². The first-order valence-corrected chi connectivity index (χ1v) is 6.09. The number of rotatable bonds is 3. The van der Waals surface area contributed by atoms with Gasteiger partial charge in [-0.1, -0.05) is 17.3 Å². The van der Waals surface area contributed by atoms with Crippen molar-refractivity contribution in [2.24, 2.45) is 10.9 Å². The van der Waals surface area contributed by atoms with E-state index in [1.165, 1.54) is 12.1 Å². The van der Waals surface area contributed by atoms with Crippen molar-refractivity contribution in [2.75, 3.05) is 12.8 Å². The second-order valence-corrected chi connectivity index (χ2v) is 5.06. The minimum Gasteiger partial charge on any atom is -0.411 e. The molecule has 0 heterocycles. The van der Waals surface area contributed by atoms with Gasteiger partial charge >= 0.3 is 0 Å². The predicted molar refractivity (Wildman–Crippen MR) is 56.9 cm³/mol. The van der Waals surface area contributed by atoms with Crippen LogP contribution in [0.25, 0.3) is 0 Å². The molecule has 1 aromatic carbocycles. The maximum absolute atomic E-state index is 11.1. The van der Waals surface area contributed by atoms with Gasteiger partial charge in [-0.2, -0.15) is 0 Å². The summed E-state index contributed by atoms with van der Waals surface area (Å²) >= 11 is 0. The summed E-state index contributed by atoms with van der Waals surface area (Å²) in [5, 5.41) is 11.6. The third kappa shape index (κ3) is 2.77. The third-order valence-electron chi connectivity index (χ3n) is 1.93. The van der Waals surface area contributed by atoms with Crippen molar-refractivity contribution in [3.8, 4) is 0 Å². The van der Waals surface area contributed by atoms with Crippen LogP contribution < -0.4 is 5.73 Å². The first kappa shape index (κ1) is 11.7. The van der Waals surface area contributed by atoms with Gasteiger partial charge in [-0.3, -0.25) is 0 Å². The van der Waals surface area contributed by atoms with Gasteiger partial charge in [-0.15, -0.1) is 0 Å². The van der Waals surface area contributed by atoms with Crippen LogP contribution in [0.3, 0.4) is 0 Å². The lowest BCUT2D eigenvalue weighted by atomic mass is 10.1. The maximum Gasteiger partial charge on any atom is 0.175 e. The second kappa shape index (κ2) is 4.41. The van der Waals surface area contributed by atoms with E-state index in [1.807, 2.05) is 0 Å². The summed E-state index contributed by atoms with van der Waals surface area (Å²) in [6.45, 7) is 0.0920. The minimum absolute atomic E-state index is 0.0920. The molecule has 0 atom stereocenters. The standard InChI is InChI=1S/C9H12N2O3S/c1-15(13,14)8-4-2-7(3-5-8)9(6-10)11-12/h2-5,12H,6,10H2,1H3. The van der Waals surface area contributed by atoms with Gasteiger partial charge in [0, 0.05) is 18.4 Å². The molecule has 0 fully saturated rings. The van der Waals surface area contributed by atoms with E-state index < -0.39 is 9.84 Å². The lowest BCUT2D eigenvalue weighted by Gasteiger charge is -2.02. The van der Waals surface area contributed by atoms with E-state index in [0.29, 0.717) is 11.3 Å². The van der Waals surface area contributed by atoms with E-state index >= 15 is 0 Å². The Hall–Kier alpha value is -1.40. The molecule has 0 saturated carbocycles. The molecule has 5 nitrogen and oxygen atoms in total. The summed E-state index contributed by atoms with van der Waals surface area (Å²) in [7, 11) is -3.19. The Morgan fingerprint density at radius 2 is 1.93 bits per heavy atom. The summed E-state index contributed by atoms with van der Waals surface area (Å²) in [5.74, 6) is 0. The second-order valence-electron chi connectivity index (χ2n) is 3.05. The maximum atomic E-state index is 11.1. The number of nitrogens with two attached hydrogens (primary N) is 1. The van der Waals surface area contributed by atoms with E-state index in [0.717, 1.165) is 6.26 Å². The van der Waals surface area contributed by atoms with Crippen molar-refractivity contribution >= 4 is 15.5 Å². The van der Waals surface area contributed by atoms with E-state index in [9.17, 15) is 8.42 Å². The zero-order chi connectivity index (χ0) is 11.5. The van der Waals surface area contributed by atoms with Gasteiger partial charge in [0.1, 0.15) is 5.71 Å². The van der Waals surface area contributed by atoms with Crippen molar-refractivity contribution in [1.29, 1.82) is 0 Å². The quantitative estimate of drug-likeness (QED) is 0.440. The highest BCUT2D eigenvalue weighted by Crippen LogP contribution is 2.10. The van der Waals surface area contributed by atoms with Crippen LogP contribution in [-0.2, 0) is 9.84 Å². The van der Waals surface area contributed by atoms with Crippen LogP contribution in [-0.4, -0.2) is 32.1 Å². The molecule has 0 unspecified atom stereocenters. The molecule has 0 bridgehead atoms. The lowest BCUT2D eigenvalue weighted by molar-refractivity contribution is 0.318. The fourth-order valence-electron chi connectivity index (χ4n) is 1.11. The van der Waals surface area contributed by atoms with Crippen molar-refractivity contribution in [2.45, 2.75) is 4.90 Å². The Kier molecular flexibility index (Phi) is 3.43. The molecule has 1 aromatic rings. The fraction of sp³-hybridized carbons (Fsp3) is 0.222. The van der Waals surface area contributed by atoms with Crippen molar-refractivity contribution in [3.05, 3.63) is 29.8 Å². The molecule has 0 radical (unpaired) electrons. The molecular formula is C9H12N2O3S. The molecular weight excluding hydrogens is 216 g/mol. The number of hydrogen-bond acceptors (Lipinski definition) is 5. The molecule has 3 N–H and O–H groups in total. The zero-order valence-electron chi connectivity index (χ0n) is 8.21. The van der Waals surface area contributed by atoms with Gasteiger partial charge in [-0.25, -0.2) is 8.42 Å². The van der Waals surface area contributed by atoms with Crippen LogP contribution in [0, 0.1) is 0 Å². The summed E-state index contributed by atoms with van der Waals surface area (Å²) in [6.07, 6.45) is 1.13. The van der Waals surface area contributed by atoms with Crippen LogP contribution in [0.15, 0.2) is 34.3 Å². The molecule has 0 saturated heterocycles. The first-order chi connectivity index (χ1) is 6.99. The van der Waals surface area contributed by atoms with Crippen molar-refractivity contribution < 1.29 is 13.6 Å². The Morgan fingerprint density at radius 3 is 2.27 bits per heavy atom. The number of sulfone groups is 1. The van der Waals surface area contributed by atoms with Gasteiger partial charge < -0.3 is 10.9 Å². The molecule has 82 valence electrons. The summed E-state index contributed by atoms with van der Waals surface area (Å²) in [4.78, 5) is 0.223. The molecule has 0 aliphatic heterocycles. The average molecular weight is 228 g/mol. The predicted octanol–water partition coefficient (Wildman–Crippen LogP) is 0.227. The van der Waals surface area contributed by atoms with Crippen molar-refractivity contribution in [1.82, 2.24) is 0 Å². The lowest BCUT2D eigenvalue weighted by Crippen LogP contribution is -2.15. The smallest absolute Gasteiger partial charge is 0.175 e. The summed E-state index contributed by atoms with van der Waals surface area (Å²) < 4.78 is 22.3. The molecule has 15 heavy (non-hydrogen) atoms. The van der Waals surface area contributed by atoms with Crippen LogP contribution in [0.2, 0.25) is 0 Å². The molecule has 0 spiro atoms. The SMILES string of the molecule is CS(=O)(=O)c1ccc(C(CN)=NO)cc1. The molecule has 0 amide bonds. The Balaban J connectivity index is 3.11. The molecule has 0 aliphatic carbocycles. The minimum atomic E-state index is -3.19. The van der Waals surface area contributed by atoms with Gasteiger partial charge in [0.05, 0.1) is 4.90 Å².